The molecule has 2 amide bonds. The number of imide groups is 1. The lowest BCUT2D eigenvalue weighted by atomic mass is 10.0. The summed E-state index contributed by atoms with van der Waals surface area (Å²) in [5, 5.41) is 3.14. The number of ether oxygens (including phenoxy) is 2. The summed E-state index contributed by atoms with van der Waals surface area (Å²) in [6.07, 6.45) is 0. The maximum absolute atomic E-state index is 13.5. The van der Waals surface area contributed by atoms with E-state index >= 15 is 0 Å². The largest absolute Gasteiger partial charge is 0.497 e. The second-order valence-corrected chi connectivity index (χ2v) is 7.09. The van der Waals surface area contributed by atoms with Gasteiger partial charge in [-0.3, -0.25) is 9.59 Å². The Labute approximate surface area is 180 Å². The van der Waals surface area contributed by atoms with Gasteiger partial charge in [0.25, 0.3) is 11.8 Å². The Morgan fingerprint density at radius 3 is 2.26 bits per heavy atom. The van der Waals surface area contributed by atoms with Gasteiger partial charge in [0.05, 0.1) is 25.5 Å². The minimum absolute atomic E-state index is 0.184. The number of hydrogen-bond donors (Lipinski definition) is 1. The molecule has 0 saturated carbocycles. The summed E-state index contributed by atoms with van der Waals surface area (Å²) >= 11 is 0. The van der Waals surface area contributed by atoms with Crippen molar-refractivity contribution in [3.63, 3.8) is 0 Å². The Bertz CT molecular complexity index is 1180. The van der Waals surface area contributed by atoms with Crippen LogP contribution >= 0.6 is 0 Å². The number of carbonyl (C=O) groups excluding carboxylic acids is 2. The van der Waals surface area contributed by atoms with Crippen LogP contribution in [-0.4, -0.2) is 26.0 Å². The fourth-order valence-electron chi connectivity index (χ4n) is 3.52. The lowest BCUT2D eigenvalue weighted by Crippen LogP contribution is -2.32. The number of amides is 2. The quantitative estimate of drug-likeness (QED) is 0.605. The number of para-hydroxylation sites is 1. The number of anilines is 2. The van der Waals surface area contributed by atoms with Gasteiger partial charge in [-0.05, 0) is 37.3 Å². The van der Waals surface area contributed by atoms with Gasteiger partial charge in [0.15, 0.2) is 0 Å². The Hall–Kier alpha value is -4.06. The van der Waals surface area contributed by atoms with Gasteiger partial charge in [0, 0.05) is 17.3 Å². The summed E-state index contributed by atoms with van der Waals surface area (Å²) in [4.78, 5) is 28.2. The summed E-state index contributed by atoms with van der Waals surface area (Å²) < 4.78 is 10.7. The highest BCUT2D eigenvalue weighted by Gasteiger charge is 2.41. The monoisotopic (exact) mass is 414 g/mol. The van der Waals surface area contributed by atoms with E-state index in [2.05, 4.69) is 5.32 Å². The first-order valence-electron chi connectivity index (χ1n) is 9.77. The zero-order chi connectivity index (χ0) is 22.0. The van der Waals surface area contributed by atoms with Gasteiger partial charge in [-0.1, -0.05) is 42.0 Å². The molecule has 1 N–H and O–H groups in total. The molecule has 3 aromatic rings. The highest BCUT2D eigenvalue weighted by Crippen LogP contribution is 2.37. The molecule has 1 heterocycles. The minimum Gasteiger partial charge on any atom is -0.497 e. The lowest BCUT2D eigenvalue weighted by Gasteiger charge is -2.16. The number of nitrogens with zero attached hydrogens (tertiary/aromatic N) is 1. The van der Waals surface area contributed by atoms with Gasteiger partial charge in [-0.2, -0.15) is 0 Å². The Morgan fingerprint density at radius 1 is 0.806 bits per heavy atom. The van der Waals surface area contributed by atoms with Gasteiger partial charge in [-0.25, -0.2) is 4.90 Å². The first-order chi connectivity index (χ1) is 15.0. The number of benzene rings is 3. The number of hydrogen-bond acceptors (Lipinski definition) is 5. The third kappa shape index (κ3) is 3.75. The van der Waals surface area contributed by atoms with Gasteiger partial charge < -0.3 is 14.8 Å². The van der Waals surface area contributed by atoms with E-state index in [0.717, 1.165) is 5.56 Å². The summed E-state index contributed by atoms with van der Waals surface area (Å²) in [7, 11) is 3.11. The van der Waals surface area contributed by atoms with Crippen LogP contribution in [0.15, 0.2) is 78.5 Å². The normalized spacial score (nSPS) is 13.6. The Balaban J connectivity index is 1.85. The average Bonchev–Trinajstić information content (AvgIpc) is 3.03. The van der Waals surface area contributed by atoms with E-state index in [9.17, 15) is 9.59 Å². The summed E-state index contributed by atoms with van der Waals surface area (Å²) in [6, 6.07) is 21.6. The van der Waals surface area contributed by atoms with Crippen LogP contribution in [0.3, 0.4) is 0 Å². The highest BCUT2D eigenvalue weighted by molar-refractivity contribution is 6.46. The smallest absolute Gasteiger partial charge is 0.282 e. The molecule has 0 bridgehead atoms. The third-order valence-electron chi connectivity index (χ3n) is 5.09. The first-order valence-corrected chi connectivity index (χ1v) is 9.77. The van der Waals surface area contributed by atoms with E-state index in [1.54, 1.807) is 49.6 Å². The summed E-state index contributed by atoms with van der Waals surface area (Å²) in [5.74, 6) is 0.298. The molecule has 1 aliphatic rings. The number of aryl methyl sites for hydroxylation is 1. The van der Waals surface area contributed by atoms with E-state index in [4.69, 9.17) is 9.47 Å². The van der Waals surface area contributed by atoms with Crippen molar-refractivity contribution in [2.75, 3.05) is 24.4 Å². The Morgan fingerprint density at radius 2 is 1.55 bits per heavy atom. The molecule has 0 saturated heterocycles. The summed E-state index contributed by atoms with van der Waals surface area (Å²) in [5.41, 5.74) is 3.16. The molecule has 0 spiro atoms. The number of methoxy groups -OCH3 is 2. The maximum Gasteiger partial charge on any atom is 0.282 e. The molecule has 0 fully saturated rings. The van der Waals surface area contributed by atoms with Crippen LogP contribution < -0.4 is 19.7 Å². The third-order valence-corrected chi connectivity index (χ3v) is 5.09. The van der Waals surface area contributed by atoms with Crippen LogP contribution in [0, 0.1) is 6.92 Å². The molecule has 6 heteroatoms. The van der Waals surface area contributed by atoms with E-state index in [1.807, 2.05) is 37.3 Å². The second kappa shape index (κ2) is 8.36. The zero-order valence-electron chi connectivity index (χ0n) is 17.5. The molecule has 0 unspecified atom stereocenters. The van der Waals surface area contributed by atoms with E-state index in [1.165, 1.54) is 12.0 Å². The lowest BCUT2D eigenvalue weighted by molar-refractivity contribution is -0.120. The molecule has 1 aliphatic heterocycles. The van der Waals surface area contributed by atoms with Crippen molar-refractivity contribution in [1.29, 1.82) is 0 Å². The van der Waals surface area contributed by atoms with Crippen LogP contribution in [0.4, 0.5) is 11.4 Å². The van der Waals surface area contributed by atoms with Crippen LogP contribution in [0.5, 0.6) is 11.5 Å². The molecule has 4 rings (SSSR count). The van der Waals surface area contributed by atoms with Crippen LogP contribution in [0.1, 0.15) is 11.1 Å². The zero-order valence-corrected chi connectivity index (χ0v) is 17.5. The van der Waals surface area contributed by atoms with Crippen molar-refractivity contribution < 1.29 is 19.1 Å². The molecular weight excluding hydrogens is 392 g/mol. The second-order valence-electron chi connectivity index (χ2n) is 7.09. The van der Waals surface area contributed by atoms with Crippen LogP contribution in [-0.2, 0) is 9.59 Å². The average molecular weight is 414 g/mol. The predicted molar refractivity (Wildman–Crippen MR) is 120 cm³/mol. The van der Waals surface area contributed by atoms with Crippen molar-refractivity contribution in [2.45, 2.75) is 6.92 Å². The summed E-state index contributed by atoms with van der Waals surface area (Å²) in [6.45, 7) is 1.95. The molecule has 156 valence electrons. The van der Waals surface area contributed by atoms with E-state index in [0.29, 0.717) is 28.4 Å². The molecule has 0 atom stereocenters. The van der Waals surface area contributed by atoms with Crippen molar-refractivity contribution in [2.24, 2.45) is 0 Å². The number of rotatable bonds is 6. The van der Waals surface area contributed by atoms with Crippen molar-refractivity contribution in [1.82, 2.24) is 0 Å². The van der Waals surface area contributed by atoms with Crippen molar-refractivity contribution >= 4 is 28.8 Å². The van der Waals surface area contributed by atoms with Gasteiger partial charge in [0.2, 0.25) is 0 Å². The van der Waals surface area contributed by atoms with Crippen LogP contribution in [0.2, 0.25) is 0 Å². The molecule has 31 heavy (non-hydrogen) atoms. The first kappa shape index (κ1) is 20.2. The topological polar surface area (TPSA) is 67.9 Å². The van der Waals surface area contributed by atoms with Gasteiger partial charge in [-0.15, -0.1) is 0 Å². The van der Waals surface area contributed by atoms with E-state index in [-0.39, 0.29) is 11.3 Å². The Kier molecular flexibility index (Phi) is 5.45. The van der Waals surface area contributed by atoms with Crippen molar-refractivity contribution in [3.8, 4) is 11.5 Å². The van der Waals surface area contributed by atoms with Gasteiger partial charge in [0.1, 0.15) is 17.2 Å². The molecule has 3 aromatic carbocycles. The van der Waals surface area contributed by atoms with E-state index < -0.39 is 11.8 Å². The van der Waals surface area contributed by atoms with Crippen molar-refractivity contribution in [3.05, 3.63) is 89.6 Å². The molecule has 0 radical (unpaired) electrons. The standard InChI is InChI=1S/C25H22N2O4/c1-16-11-13-18(14-12-16)27-24(28)22(20-9-4-5-10-21(20)31-3)23(25(27)29)26-17-7-6-8-19(15-17)30-2/h4-15,26H,1-3H3. The molecule has 6 nitrogen and oxygen atoms in total. The fourth-order valence-corrected chi connectivity index (χ4v) is 3.52. The molecule has 0 aliphatic carbocycles. The highest BCUT2D eigenvalue weighted by atomic mass is 16.5. The number of nitrogens with one attached hydrogen (secondary N) is 1. The molecular formula is C25H22N2O4. The van der Waals surface area contributed by atoms with Crippen LogP contribution in [0.25, 0.3) is 5.57 Å². The predicted octanol–water partition coefficient (Wildman–Crippen LogP) is 4.41. The maximum atomic E-state index is 13.5. The minimum atomic E-state index is -0.433. The van der Waals surface area contributed by atoms with Gasteiger partial charge >= 0.3 is 0 Å². The molecule has 0 aromatic heterocycles. The fraction of sp³-hybridized carbons (Fsp3) is 0.120. The SMILES string of the molecule is COc1cccc(NC2=C(c3ccccc3OC)C(=O)N(c3ccc(C)cc3)C2=O)c1. The number of carbonyl (C=O) groups is 2.